The summed E-state index contributed by atoms with van der Waals surface area (Å²) in [4.78, 5) is 7.25. The summed E-state index contributed by atoms with van der Waals surface area (Å²) in [5.74, 6) is 1.08. The Hall–Kier alpha value is -1.10. The van der Waals surface area contributed by atoms with Gasteiger partial charge < -0.3 is 9.64 Å². The first-order valence-corrected chi connectivity index (χ1v) is 7.24. The van der Waals surface area contributed by atoms with Crippen molar-refractivity contribution in [2.75, 3.05) is 27.7 Å². The Morgan fingerprint density at radius 1 is 1.35 bits per heavy atom. The highest BCUT2D eigenvalue weighted by molar-refractivity contribution is 5.33. The maximum Gasteiger partial charge on any atom is 0.132 e. The van der Waals surface area contributed by atoms with Crippen LogP contribution in [0.4, 0.5) is 0 Å². The number of rotatable bonds is 5. The maximum absolute atomic E-state index is 9.68. The predicted octanol–water partition coefficient (Wildman–Crippen LogP) is 3.13. The van der Waals surface area contributed by atoms with Crippen LogP contribution in [0.15, 0.2) is 24.3 Å². The first-order valence-electron chi connectivity index (χ1n) is 7.24. The van der Waals surface area contributed by atoms with Crippen LogP contribution in [0.1, 0.15) is 31.2 Å². The van der Waals surface area contributed by atoms with Crippen molar-refractivity contribution >= 4 is 0 Å². The fourth-order valence-corrected chi connectivity index (χ4v) is 3.33. The highest BCUT2D eigenvalue weighted by atomic mass is 17.1. The molecule has 1 aliphatic rings. The molecule has 20 heavy (non-hydrogen) atoms. The third-order valence-corrected chi connectivity index (χ3v) is 4.32. The van der Waals surface area contributed by atoms with E-state index in [2.05, 4.69) is 19.0 Å². The van der Waals surface area contributed by atoms with Crippen molar-refractivity contribution in [2.45, 2.75) is 31.3 Å². The molecule has 1 N–H and O–H groups in total. The molecule has 0 aliphatic heterocycles. The van der Waals surface area contributed by atoms with Gasteiger partial charge >= 0.3 is 0 Å². The topological polar surface area (TPSA) is 41.9 Å². The van der Waals surface area contributed by atoms with Crippen molar-refractivity contribution in [1.82, 2.24) is 4.90 Å². The quantitative estimate of drug-likeness (QED) is 0.664. The van der Waals surface area contributed by atoms with Crippen LogP contribution in [0.5, 0.6) is 5.75 Å². The Bertz CT molecular complexity index is 435. The van der Waals surface area contributed by atoms with Crippen LogP contribution in [0.3, 0.4) is 0 Å². The average Bonchev–Trinajstić information content (AvgIpc) is 2.47. The van der Waals surface area contributed by atoms with Gasteiger partial charge in [0.05, 0.1) is 7.11 Å². The van der Waals surface area contributed by atoms with Gasteiger partial charge in [0.25, 0.3) is 0 Å². The van der Waals surface area contributed by atoms with Crippen molar-refractivity contribution in [1.29, 1.82) is 0 Å². The number of methoxy groups -OCH3 is 1. The van der Waals surface area contributed by atoms with Crippen LogP contribution in [0, 0.1) is 5.92 Å². The normalized spacial score (nSPS) is 26.8. The Morgan fingerprint density at radius 2 is 2.15 bits per heavy atom. The molecular formula is C16H25NO3. The van der Waals surface area contributed by atoms with Crippen LogP contribution < -0.4 is 4.74 Å². The molecule has 0 bridgehead atoms. The minimum atomic E-state index is -0.614. The highest BCUT2D eigenvalue weighted by Crippen LogP contribution is 2.45. The van der Waals surface area contributed by atoms with Gasteiger partial charge in [0.15, 0.2) is 0 Å². The number of benzene rings is 1. The molecule has 1 aliphatic carbocycles. The molecule has 4 heteroatoms. The molecule has 1 aromatic rings. The largest absolute Gasteiger partial charge is 0.497 e. The van der Waals surface area contributed by atoms with Crippen molar-refractivity contribution in [3.63, 3.8) is 0 Å². The molecule has 4 nitrogen and oxygen atoms in total. The summed E-state index contributed by atoms with van der Waals surface area (Å²) in [5.41, 5.74) is 0.391. The van der Waals surface area contributed by atoms with Crippen molar-refractivity contribution in [3.8, 4) is 5.75 Å². The minimum Gasteiger partial charge on any atom is -0.497 e. The van der Waals surface area contributed by atoms with E-state index in [-0.39, 0.29) is 5.92 Å². The lowest BCUT2D eigenvalue weighted by molar-refractivity contribution is -0.352. The predicted molar refractivity (Wildman–Crippen MR) is 78.9 cm³/mol. The molecule has 112 valence electrons. The summed E-state index contributed by atoms with van der Waals surface area (Å²) in [7, 11) is 5.77. The first-order chi connectivity index (χ1) is 9.62. The zero-order chi connectivity index (χ0) is 14.6. The van der Waals surface area contributed by atoms with Gasteiger partial charge in [-0.05, 0) is 44.6 Å². The van der Waals surface area contributed by atoms with E-state index in [0.29, 0.717) is 0 Å². The molecule has 0 saturated heterocycles. The lowest BCUT2D eigenvalue weighted by Gasteiger charge is -2.43. The fraction of sp³-hybridized carbons (Fsp3) is 0.625. The van der Waals surface area contributed by atoms with E-state index < -0.39 is 5.60 Å². The van der Waals surface area contributed by atoms with Gasteiger partial charge in [-0.1, -0.05) is 25.0 Å². The lowest BCUT2D eigenvalue weighted by atomic mass is 9.71. The first kappa shape index (κ1) is 15.3. The van der Waals surface area contributed by atoms with E-state index in [1.165, 1.54) is 6.42 Å². The van der Waals surface area contributed by atoms with Gasteiger partial charge in [0.1, 0.15) is 11.4 Å². The maximum atomic E-state index is 9.68. The molecule has 1 fully saturated rings. The standard InChI is InChI=1S/C16H25NO3/c1-17(2)12-14-7-4-5-10-16(14,20-18)13-8-6-9-15(11-13)19-3/h6,8-9,11,14,18H,4-5,7,10,12H2,1-3H3/t14-,16+/m1/s1. The van der Waals surface area contributed by atoms with Gasteiger partial charge in [-0.3, -0.25) is 5.26 Å². The summed E-state index contributed by atoms with van der Waals surface area (Å²) in [6.45, 7) is 0.901. The van der Waals surface area contributed by atoms with E-state index in [0.717, 1.165) is 37.1 Å². The molecule has 0 unspecified atom stereocenters. The minimum absolute atomic E-state index is 0.281. The van der Waals surface area contributed by atoms with Gasteiger partial charge in [0.2, 0.25) is 0 Å². The summed E-state index contributed by atoms with van der Waals surface area (Å²) in [5, 5.41) is 9.68. The number of hydrogen-bond donors (Lipinski definition) is 1. The molecule has 1 saturated carbocycles. The van der Waals surface area contributed by atoms with Crippen LogP contribution in [0.25, 0.3) is 0 Å². The Kier molecular flexibility index (Phi) is 5.02. The van der Waals surface area contributed by atoms with E-state index in [4.69, 9.17) is 9.62 Å². The SMILES string of the molecule is COc1cccc([C@@]2(OO)CCCC[C@@H]2CN(C)C)c1. The third kappa shape index (κ3) is 2.97. The molecule has 2 rings (SSSR count). The lowest BCUT2D eigenvalue weighted by Crippen LogP contribution is -2.44. The monoisotopic (exact) mass is 279 g/mol. The van der Waals surface area contributed by atoms with Crippen molar-refractivity contribution in [3.05, 3.63) is 29.8 Å². The molecule has 0 radical (unpaired) electrons. The Labute approximate surface area is 121 Å². The third-order valence-electron chi connectivity index (χ3n) is 4.32. The van der Waals surface area contributed by atoms with Crippen LogP contribution in [0.2, 0.25) is 0 Å². The molecule has 1 aromatic carbocycles. The van der Waals surface area contributed by atoms with Crippen molar-refractivity contribution < 1.29 is 14.9 Å². The summed E-state index contributed by atoms with van der Waals surface area (Å²) in [6, 6.07) is 7.87. The smallest absolute Gasteiger partial charge is 0.132 e. The number of nitrogens with zero attached hydrogens (tertiary/aromatic N) is 1. The van der Waals surface area contributed by atoms with E-state index in [1.54, 1.807) is 7.11 Å². The van der Waals surface area contributed by atoms with Crippen LogP contribution >= 0.6 is 0 Å². The van der Waals surface area contributed by atoms with Gasteiger partial charge in [0, 0.05) is 12.5 Å². The van der Waals surface area contributed by atoms with Crippen molar-refractivity contribution in [2.24, 2.45) is 5.92 Å². The van der Waals surface area contributed by atoms with Crippen LogP contribution in [-0.2, 0) is 10.5 Å². The molecule has 0 spiro atoms. The molecular weight excluding hydrogens is 254 g/mol. The van der Waals surface area contributed by atoms with Gasteiger partial charge in [-0.25, -0.2) is 4.89 Å². The molecule has 0 amide bonds. The fourth-order valence-electron chi connectivity index (χ4n) is 3.33. The Balaban J connectivity index is 2.37. The number of ether oxygens (including phenoxy) is 1. The summed E-state index contributed by atoms with van der Waals surface area (Å²) >= 11 is 0. The zero-order valence-electron chi connectivity index (χ0n) is 12.6. The zero-order valence-corrected chi connectivity index (χ0v) is 12.6. The second-order valence-electron chi connectivity index (χ2n) is 5.92. The molecule has 2 atom stereocenters. The van der Waals surface area contributed by atoms with E-state index in [9.17, 15) is 5.26 Å². The number of hydrogen-bond acceptors (Lipinski definition) is 4. The second kappa shape index (κ2) is 6.57. The summed E-state index contributed by atoms with van der Waals surface area (Å²) in [6.07, 6.45) is 4.17. The Morgan fingerprint density at radius 3 is 2.80 bits per heavy atom. The van der Waals surface area contributed by atoms with E-state index >= 15 is 0 Å². The molecule has 0 heterocycles. The highest BCUT2D eigenvalue weighted by Gasteiger charge is 2.44. The van der Waals surface area contributed by atoms with Gasteiger partial charge in [-0.15, -0.1) is 0 Å². The summed E-state index contributed by atoms with van der Waals surface area (Å²) < 4.78 is 5.30. The second-order valence-corrected chi connectivity index (χ2v) is 5.92. The van der Waals surface area contributed by atoms with E-state index in [1.807, 2.05) is 24.3 Å². The molecule has 0 aromatic heterocycles. The van der Waals surface area contributed by atoms with Crippen LogP contribution in [-0.4, -0.2) is 37.9 Å². The average molecular weight is 279 g/mol. The van der Waals surface area contributed by atoms with Gasteiger partial charge in [-0.2, -0.15) is 0 Å².